The monoisotopic (exact) mass is 524 g/mol. The number of hydrogen-bond acceptors (Lipinski definition) is 6. The van der Waals surface area contributed by atoms with E-state index in [1.54, 1.807) is 32.4 Å². The number of nitriles is 1. The second-order valence-corrected chi connectivity index (χ2v) is 10.1. The number of fused-ring (bicyclic) bond motifs is 1. The predicted molar refractivity (Wildman–Crippen MR) is 137 cm³/mol. The first-order valence-corrected chi connectivity index (χ1v) is 12.9. The molecule has 3 heterocycles. The third kappa shape index (κ3) is 5.17. The van der Waals surface area contributed by atoms with E-state index in [1.165, 1.54) is 6.07 Å². The second kappa shape index (κ2) is 10.7. The van der Waals surface area contributed by atoms with Gasteiger partial charge in [0.05, 0.1) is 36.9 Å². The summed E-state index contributed by atoms with van der Waals surface area (Å²) in [6.07, 6.45) is 4.04. The van der Waals surface area contributed by atoms with Crippen molar-refractivity contribution in [3.63, 3.8) is 0 Å². The number of hydrogen-bond donors (Lipinski definition) is 0. The molecule has 1 unspecified atom stereocenters. The smallest absolute Gasteiger partial charge is 0.278 e. The van der Waals surface area contributed by atoms with E-state index in [9.17, 15) is 4.39 Å². The molecule has 1 aromatic heterocycles. The van der Waals surface area contributed by atoms with Gasteiger partial charge in [0.15, 0.2) is 11.5 Å². The van der Waals surface area contributed by atoms with Gasteiger partial charge in [0.25, 0.3) is 5.79 Å². The molecular formula is C28H30ClFN4O3. The van der Waals surface area contributed by atoms with E-state index in [-0.39, 0.29) is 0 Å². The molecule has 0 spiro atoms. The minimum absolute atomic E-state index is 0.301. The lowest BCUT2D eigenvalue weighted by Gasteiger charge is -2.32. The van der Waals surface area contributed by atoms with Gasteiger partial charge >= 0.3 is 0 Å². The summed E-state index contributed by atoms with van der Waals surface area (Å²) in [5.74, 6) is 0.859. The zero-order chi connectivity index (χ0) is 26.0. The number of nitrogens with zero attached hydrogens (tertiary/aromatic N) is 4. The van der Waals surface area contributed by atoms with Crippen LogP contribution in [0.4, 0.5) is 4.39 Å². The maximum atomic E-state index is 14.7. The number of likely N-dealkylation sites (tertiary alicyclic amines) is 1. The summed E-state index contributed by atoms with van der Waals surface area (Å²) < 4.78 is 34.5. The van der Waals surface area contributed by atoms with E-state index in [0.29, 0.717) is 47.6 Å². The summed E-state index contributed by atoms with van der Waals surface area (Å²) in [6.45, 7) is 5.52. The Bertz CT molecular complexity index is 1320. The molecule has 0 radical (unpaired) electrons. The van der Waals surface area contributed by atoms with Crippen LogP contribution in [-0.2, 0) is 30.0 Å². The van der Waals surface area contributed by atoms with Gasteiger partial charge in [-0.05, 0) is 56.1 Å². The molecule has 37 heavy (non-hydrogen) atoms. The van der Waals surface area contributed by atoms with Gasteiger partial charge in [-0.15, -0.1) is 0 Å². The van der Waals surface area contributed by atoms with Gasteiger partial charge in [-0.2, -0.15) is 5.26 Å². The molecule has 2 aliphatic heterocycles. The largest absolute Gasteiger partial charge is 0.444 e. The van der Waals surface area contributed by atoms with Gasteiger partial charge in [-0.25, -0.2) is 9.37 Å². The normalized spacial score (nSPS) is 19.8. The van der Waals surface area contributed by atoms with Crippen molar-refractivity contribution >= 4 is 11.6 Å². The summed E-state index contributed by atoms with van der Waals surface area (Å²) >= 11 is 5.94. The molecule has 5 rings (SSSR count). The van der Waals surface area contributed by atoms with Gasteiger partial charge in [0.2, 0.25) is 0 Å². The van der Waals surface area contributed by atoms with E-state index in [2.05, 4.69) is 26.6 Å². The highest BCUT2D eigenvalue weighted by Gasteiger charge is 2.42. The zero-order valence-corrected chi connectivity index (χ0v) is 21.8. The van der Waals surface area contributed by atoms with Crippen LogP contribution in [0.5, 0.6) is 11.5 Å². The van der Waals surface area contributed by atoms with Crippen LogP contribution in [0.2, 0.25) is 5.02 Å². The highest BCUT2D eigenvalue weighted by Crippen LogP contribution is 2.49. The van der Waals surface area contributed by atoms with Gasteiger partial charge in [0.1, 0.15) is 11.6 Å². The first-order chi connectivity index (χ1) is 17.9. The number of benzene rings is 2. The van der Waals surface area contributed by atoms with Crippen molar-refractivity contribution in [2.24, 2.45) is 0 Å². The number of ether oxygens (including phenoxy) is 3. The first-order valence-electron chi connectivity index (χ1n) is 12.5. The lowest BCUT2D eigenvalue weighted by atomic mass is 9.88. The molecule has 0 aliphatic carbocycles. The molecule has 194 valence electrons. The molecule has 3 aromatic rings. The van der Waals surface area contributed by atoms with Crippen molar-refractivity contribution in [1.82, 2.24) is 14.5 Å². The molecular weight excluding hydrogens is 495 g/mol. The average Bonchev–Trinajstić information content (AvgIpc) is 3.43. The van der Waals surface area contributed by atoms with Crippen molar-refractivity contribution in [1.29, 1.82) is 5.26 Å². The topological polar surface area (TPSA) is 72.5 Å². The summed E-state index contributed by atoms with van der Waals surface area (Å²) in [7, 11) is 1.68. The van der Waals surface area contributed by atoms with E-state index < -0.39 is 11.6 Å². The maximum Gasteiger partial charge on any atom is 0.278 e. The molecule has 1 atom stereocenters. The Morgan fingerprint density at radius 2 is 2.05 bits per heavy atom. The Labute approximate surface area is 221 Å². The third-order valence-electron chi connectivity index (χ3n) is 7.22. The van der Waals surface area contributed by atoms with Crippen LogP contribution in [0, 0.1) is 17.1 Å². The Balaban J connectivity index is 1.28. The van der Waals surface area contributed by atoms with E-state index in [1.807, 2.05) is 12.1 Å². The van der Waals surface area contributed by atoms with Gasteiger partial charge in [-0.1, -0.05) is 23.7 Å². The number of imidazole rings is 1. The molecule has 9 heteroatoms. The Morgan fingerprint density at radius 1 is 1.24 bits per heavy atom. The van der Waals surface area contributed by atoms with Crippen molar-refractivity contribution in [3.05, 3.63) is 76.1 Å². The number of para-hydroxylation sites is 1. The quantitative estimate of drug-likeness (QED) is 0.392. The molecule has 1 fully saturated rings. The van der Waals surface area contributed by atoms with Gasteiger partial charge in [-0.3, -0.25) is 4.90 Å². The number of aromatic nitrogens is 2. The van der Waals surface area contributed by atoms with Crippen molar-refractivity contribution in [2.75, 3.05) is 26.8 Å². The van der Waals surface area contributed by atoms with Crippen molar-refractivity contribution in [3.8, 4) is 17.6 Å². The SMILES string of the molecule is COCCn1c(CC#N)cnc1CN1CCC(c2cccc3c2OC(C)(c2ccc(Cl)cc2F)O3)CC1. The number of methoxy groups -OCH3 is 1. The minimum atomic E-state index is -1.26. The zero-order valence-electron chi connectivity index (χ0n) is 21.0. The van der Waals surface area contributed by atoms with Crippen LogP contribution in [0.1, 0.15) is 48.3 Å². The maximum absolute atomic E-state index is 14.7. The number of rotatable bonds is 8. The fourth-order valence-corrected chi connectivity index (χ4v) is 5.46. The molecule has 0 bridgehead atoms. The fraction of sp³-hybridized carbons (Fsp3) is 0.429. The Morgan fingerprint density at radius 3 is 2.78 bits per heavy atom. The summed E-state index contributed by atoms with van der Waals surface area (Å²) in [4.78, 5) is 7.00. The molecule has 2 aliphatic rings. The van der Waals surface area contributed by atoms with Crippen LogP contribution >= 0.6 is 11.6 Å². The summed E-state index contributed by atoms with van der Waals surface area (Å²) in [6, 6.07) is 12.7. The Hall–Kier alpha value is -3.12. The summed E-state index contributed by atoms with van der Waals surface area (Å²) in [5, 5.41) is 9.48. The molecule has 1 saturated heterocycles. The molecule has 0 N–H and O–H groups in total. The van der Waals surface area contributed by atoms with Gasteiger partial charge in [0, 0.05) is 37.4 Å². The Kier molecular flexibility index (Phi) is 7.38. The predicted octanol–water partition coefficient (Wildman–Crippen LogP) is 5.41. The van der Waals surface area contributed by atoms with Gasteiger partial charge < -0.3 is 18.8 Å². The van der Waals surface area contributed by atoms with Crippen molar-refractivity contribution < 1.29 is 18.6 Å². The number of halogens is 2. The van der Waals surface area contributed by atoms with Crippen LogP contribution in [0.3, 0.4) is 0 Å². The molecule has 0 saturated carbocycles. The minimum Gasteiger partial charge on any atom is -0.444 e. The number of piperidine rings is 1. The lowest BCUT2D eigenvalue weighted by Crippen LogP contribution is -2.34. The van der Waals surface area contributed by atoms with Crippen LogP contribution in [-0.4, -0.2) is 41.3 Å². The van der Waals surface area contributed by atoms with Crippen LogP contribution in [0.25, 0.3) is 0 Å². The molecule has 0 amide bonds. The van der Waals surface area contributed by atoms with E-state index in [4.69, 9.17) is 31.1 Å². The first kappa shape index (κ1) is 25.5. The average molecular weight is 525 g/mol. The fourth-order valence-electron chi connectivity index (χ4n) is 5.30. The lowest BCUT2D eigenvalue weighted by molar-refractivity contribution is -0.0712. The highest BCUT2D eigenvalue weighted by molar-refractivity contribution is 6.30. The van der Waals surface area contributed by atoms with E-state index in [0.717, 1.165) is 49.6 Å². The third-order valence-corrected chi connectivity index (χ3v) is 7.46. The van der Waals surface area contributed by atoms with E-state index >= 15 is 0 Å². The van der Waals surface area contributed by atoms with Crippen LogP contribution < -0.4 is 9.47 Å². The summed E-state index contributed by atoms with van der Waals surface area (Å²) in [5.41, 5.74) is 2.32. The molecule has 7 nitrogen and oxygen atoms in total. The van der Waals surface area contributed by atoms with Crippen molar-refractivity contribution in [2.45, 2.75) is 51.0 Å². The standard InChI is InChI=1S/C28H30ClFN4O3/c1-28(23-7-6-20(29)16-24(23)30)36-25-5-3-4-22(27(25)37-28)19-9-12-33(13-10-19)18-26-32-17-21(8-11-31)34(26)14-15-35-2/h3-7,16-17,19H,8-10,12-15,18H2,1-2H3. The highest BCUT2D eigenvalue weighted by atomic mass is 35.5. The van der Waals surface area contributed by atoms with Crippen LogP contribution in [0.15, 0.2) is 42.6 Å². The second-order valence-electron chi connectivity index (χ2n) is 9.64. The molecule has 2 aromatic carbocycles.